The minimum atomic E-state index is -0.324. The number of rotatable bonds is 4. The average Bonchev–Trinajstić information content (AvgIpc) is 3.10. The highest BCUT2D eigenvalue weighted by molar-refractivity contribution is 7.13. The number of nitro groups is 1. The Morgan fingerprint density at radius 2 is 2.05 bits per heavy atom. The molecule has 0 spiro atoms. The molecule has 3 rings (SSSR count). The second-order valence-corrected chi connectivity index (χ2v) is 6.16. The van der Waals surface area contributed by atoms with E-state index in [1.165, 1.54) is 11.3 Å². The van der Waals surface area contributed by atoms with E-state index in [9.17, 15) is 10.1 Å². The van der Waals surface area contributed by atoms with Gasteiger partial charge in [-0.2, -0.15) is 0 Å². The summed E-state index contributed by atoms with van der Waals surface area (Å²) >= 11 is 1.20. The quantitative estimate of drug-likeness (QED) is 0.630. The fraction of sp³-hybridized carbons (Fsp3) is 0.692. The van der Waals surface area contributed by atoms with Gasteiger partial charge in [-0.15, -0.1) is 0 Å². The van der Waals surface area contributed by atoms with Crippen molar-refractivity contribution in [3.05, 3.63) is 27.1 Å². The Labute approximate surface area is 121 Å². The van der Waals surface area contributed by atoms with Crippen molar-refractivity contribution in [1.82, 2.24) is 4.90 Å². The van der Waals surface area contributed by atoms with Crippen LogP contribution in [0, 0.1) is 16.0 Å². The number of hydrogen-bond donors (Lipinski definition) is 0. The molecule has 2 aliphatic heterocycles. The van der Waals surface area contributed by atoms with Gasteiger partial charge in [-0.3, -0.25) is 15.0 Å². The largest absolute Gasteiger partial charge is 0.350 e. The van der Waals surface area contributed by atoms with Crippen molar-refractivity contribution in [2.75, 3.05) is 26.3 Å². The second kappa shape index (κ2) is 6.17. The molecular weight excluding hydrogens is 280 g/mol. The summed E-state index contributed by atoms with van der Waals surface area (Å²) in [6.07, 6.45) is 2.12. The van der Waals surface area contributed by atoms with Gasteiger partial charge in [-0.05, 0) is 31.5 Å². The second-order valence-electron chi connectivity index (χ2n) is 5.27. The first-order valence-electron chi connectivity index (χ1n) is 6.90. The van der Waals surface area contributed by atoms with Crippen molar-refractivity contribution < 1.29 is 14.4 Å². The summed E-state index contributed by atoms with van der Waals surface area (Å²) in [6, 6.07) is 1.68. The molecule has 110 valence electrons. The fourth-order valence-corrected chi connectivity index (χ4v) is 3.55. The SMILES string of the molecule is O=[N+]([O-])c1cc(CN2CCC(C3OCCO3)CC2)cs1. The molecule has 0 bridgehead atoms. The molecular formula is C13H18N2O4S. The van der Waals surface area contributed by atoms with Gasteiger partial charge in [-0.25, -0.2) is 0 Å². The monoisotopic (exact) mass is 298 g/mol. The number of piperidine rings is 1. The third-order valence-electron chi connectivity index (χ3n) is 3.89. The van der Waals surface area contributed by atoms with E-state index in [1.807, 2.05) is 5.38 Å². The summed E-state index contributed by atoms with van der Waals surface area (Å²) in [5, 5.41) is 12.8. The lowest BCUT2D eigenvalue weighted by Gasteiger charge is -2.33. The van der Waals surface area contributed by atoms with Gasteiger partial charge < -0.3 is 9.47 Å². The van der Waals surface area contributed by atoms with Gasteiger partial charge in [0.15, 0.2) is 6.29 Å². The Kier molecular flexibility index (Phi) is 4.30. The van der Waals surface area contributed by atoms with E-state index in [0.717, 1.165) is 38.0 Å². The Morgan fingerprint density at radius 1 is 1.35 bits per heavy atom. The summed E-state index contributed by atoms with van der Waals surface area (Å²) in [5.41, 5.74) is 1.04. The van der Waals surface area contributed by atoms with E-state index in [2.05, 4.69) is 4.90 Å². The van der Waals surface area contributed by atoms with Crippen molar-refractivity contribution in [2.45, 2.75) is 25.7 Å². The average molecular weight is 298 g/mol. The number of likely N-dealkylation sites (tertiary alicyclic amines) is 1. The lowest BCUT2D eigenvalue weighted by molar-refractivity contribution is -0.380. The molecule has 1 aromatic heterocycles. The third kappa shape index (κ3) is 3.17. The topological polar surface area (TPSA) is 64.8 Å². The Morgan fingerprint density at radius 3 is 2.65 bits per heavy atom. The summed E-state index contributed by atoms with van der Waals surface area (Å²) in [4.78, 5) is 12.7. The molecule has 0 unspecified atom stereocenters. The molecule has 2 fully saturated rings. The van der Waals surface area contributed by atoms with Crippen LogP contribution < -0.4 is 0 Å². The van der Waals surface area contributed by atoms with E-state index in [0.29, 0.717) is 19.1 Å². The van der Waals surface area contributed by atoms with Gasteiger partial charge >= 0.3 is 5.00 Å². The van der Waals surface area contributed by atoms with E-state index >= 15 is 0 Å². The molecule has 20 heavy (non-hydrogen) atoms. The van der Waals surface area contributed by atoms with Crippen molar-refractivity contribution in [3.8, 4) is 0 Å². The number of nitrogens with zero attached hydrogens (tertiary/aromatic N) is 2. The Balaban J connectivity index is 1.49. The summed E-state index contributed by atoms with van der Waals surface area (Å²) < 4.78 is 11.1. The van der Waals surface area contributed by atoms with E-state index < -0.39 is 0 Å². The van der Waals surface area contributed by atoms with Crippen LogP contribution in [0.5, 0.6) is 0 Å². The van der Waals surface area contributed by atoms with Crippen molar-refractivity contribution in [2.24, 2.45) is 5.92 Å². The van der Waals surface area contributed by atoms with Gasteiger partial charge in [0.1, 0.15) is 0 Å². The van der Waals surface area contributed by atoms with Crippen LogP contribution in [0.15, 0.2) is 11.4 Å². The van der Waals surface area contributed by atoms with Gasteiger partial charge in [0.2, 0.25) is 0 Å². The van der Waals surface area contributed by atoms with Gasteiger partial charge in [0.05, 0.1) is 18.1 Å². The van der Waals surface area contributed by atoms with Crippen LogP contribution in [0.25, 0.3) is 0 Å². The van der Waals surface area contributed by atoms with Crippen LogP contribution in [0.2, 0.25) is 0 Å². The smallest absolute Gasteiger partial charge is 0.324 e. The van der Waals surface area contributed by atoms with Gasteiger partial charge in [-0.1, -0.05) is 11.3 Å². The Hall–Kier alpha value is -1.02. The van der Waals surface area contributed by atoms with Crippen LogP contribution in [0.3, 0.4) is 0 Å². The van der Waals surface area contributed by atoms with Crippen LogP contribution in [0.1, 0.15) is 18.4 Å². The van der Waals surface area contributed by atoms with Crippen molar-refractivity contribution in [3.63, 3.8) is 0 Å². The molecule has 2 saturated heterocycles. The maximum atomic E-state index is 10.7. The highest BCUT2D eigenvalue weighted by atomic mass is 32.1. The van der Waals surface area contributed by atoms with Crippen LogP contribution >= 0.6 is 11.3 Å². The normalized spacial score (nSPS) is 22.4. The zero-order chi connectivity index (χ0) is 13.9. The summed E-state index contributed by atoms with van der Waals surface area (Å²) in [6.45, 7) is 4.21. The number of ether oxygens (including phenoxy) is 2. The predicted octanol–water partition coefficient (Wildman–Crippen LogP) is 2.24. The predicted molar refractivity (Wildman–Crippen MR) is 74.7 cm³/mol. The minimum Gasteiger partial charge on any atom is -0.350 e. The summed E-state index contributed by atoms with van der Waals surface area (Å²) in [7, 11) is 0. The fourth-order valence-electron chi connectivity index (χ4n) is 2.83. The molecule has 3 heterocycles. The lowest BCUT2D eigenvalue weighted by atomic mass is 9.96. The summed E-state index contributed by atoms with van der Waals surface area (Å²) in [5.74, 6) is 0.491. The zero-order valence-electron chi connectivity index (χ0n) is 11.2. The number of hydrogen-bond acceptors (Lipinski definition) is 6. The maximum Gasteiger partial charge on any atom is 0.324 e. The lowest BCUT2D eigenvalue weighted by Crippen LogP contribution is -2.37. The van der Waals surface area contributed by atoms with Crippen molar-refractivity contribution in [1.29, 1.82) is 0 Å². The Bertz CT molecular complexity index is 465. The van der Waals surface area contributed by atoms with Crippen molar-refractivity contribution >= 4 is 16.3 Å². The molecule has 7 heteroatoms. The first-order valence-corrected chi connectivity index (χ1v) is 7.78. The first kappa shape index (κ1) is 13.9. The minimum absolute atomic E-state index is 0.0145. The molecule has 6 nitrogen and oxygen atoms in total. The molecule has 0 N–H and O–H groups in total. The molecule has 0 saturated carbocycles. The highest BCUT2D eigenvalue weighted by Crippen LogP contribution is 2.28. The molecule has 0 atom stereocenters. The third-order valence-corrected chi connectivity index (χ3v) is 4.82. The molecule has 1 aromatic rings. The maximum absolute atomic E-state index is 10.7. The van der Waals surface area contributed by atoms with Crippen LogP contribution in [-0.4, -0.2) is 42.4 Å². The molecule has 0 amide bonds. The van der Waals surface area contributed by atoms with E-state index in [4.69, 9.17) is 9.47 Å². The van der Waals surface area contributed by atoms with Crippen LogP contribution in [0.4, 0.5) is 5.00 Å². The molecule has 0 radical (unpaired) electrons. The molecule has 0 aromatic carbocycles. The van der Waals surface area contributed by atoms with Gasteiger partial charge in [0, 0.05) is 23.9 Å². The van der Waals surface area contributed by atoms with Gasteiger partial charge in [0.25, 0.3) is 0 Å². The standard InChI is InChI=1S/C13H18N2O4S/c16-15(17)12-7-10(9-20-12)8-14-3-1-11(2-4-14)13-18-5-6-19-13/h7,9,11,13H,1-6,8H2. The number of thiophene rings is 1. The van der Waals surface area contributed by atoms with E-state index in [1.54, 1.807) is 6.07 Å². The zero-order valence-corrected chi connectivity index (χ0v) is 12.0. The van der Waals surface area contributed by atoms with E-state index in [-0.39, 0.29) is 16.2 Å². The molecule has 2 aliphatic rings. The van der Waals surface area contributed by atoms with Crippen LogP contribution in [-0.2, 0) is 16.0 Å². The molecule has 0 aliphatic carbocycles. The highest BCUT2D eigenvalue weighted by Gasteiger charge is 2.30. The first-order chi connectivity index (χ1) is 9.72.